The molecule has 0 radical (unpaired) electrons. The van der Waals surface area contributed by atoms with Crippen molar-refractivity contribution in [2.45, 2.75) is 0 Å². The quantitative estimate of drug-likeness (QED) is 0.424. The third kappa shape index (κ3) is 1.32. The number of benzene rings is 1. The molecule has 0 fully saturated rings. The van der Waals surface area contributed by atoms with Gasteiger partial charge in [0.15, 0.2) is 5.52 Å². The monoisotopic (exact) mass is 280 g/mol. The van der Waals surface area contributed by atoms with E-state index in [-0.39, 0.29) is 16.8 Å². The number of nitrogens with zero attached hydrogens (tertiary/aromatic N) is 3. The lowest BCUT2D eigenvalue weighted by Crippen LogP contribution is -2.09. The summed E-state index contributed by atoms with van der Waals surface area (Å²) < 4.78 is 1.36. The van der Waals surface area contributed by atoms with E-state index >= 15 is 0 Å². The van der Waals surface area contributed by atoms with Crippen LogP contribution in [0.3, 0.4) is 0 Å². The van der Waals surface area contributed by atoms with Crippen LogP contribution in [-0.4, -0.2) is 14.3 Å². The number of nitrogens with two attached hydrogens (primary N) is 1. The minimum absolute atomic E-state index is 0.146. The summed E-state index contributed by atoms with van der Waals surface area (Å²) in [5, 5.41) is 12.8. The van der Waals surface area contributed by atoms with Crippen molar-refractivity contribution in [1.82, 2.24) is 9.38 Å². The summed E-state index contributed by atoms with van der Waals surface area (Å²) in [6, 6.07) is 8.00. The van der Waals surface area contributed by atoms with Gasteiger partial charge in [0, 0.05) is 23.0 Å². The minimum Gasteiger partial charge on any atom is -0.383 e. The molecule has 4 aromatic rings. The maximum Gasteiger partial charge on any atom is 0.328 e. The second-order valence-electron chi connectivity index (χ2n) is 4.76. The zero-order chi connectivity index (χ0) is 14.7. The smallest absolute Gasteiger partial charge is 0.328 e. The van der Waals surface area contributed by atoms with E-state index in [0.717, 1.165) is 0 Å². The Morgan fingerprint density at radius 2 is 1.95 bits per heavy atom. The zero-order valence-corrected chi connectivity index (χ0v) is 10.6. The fourth-order valence-corrected chi connectivity index (χ4v) is 2.80. The predicted molar refractivity (Wildman–Crippen MR) is 78.7 cm³/mol. The molecule has 1 aromatic carbocycles. The average molecular weight is 280 g/mol. The first-order valence-electron chi connectivity index (χ1n) is 6.18. The molecule has 4 rings (SSSR count). The summed E-state index contributed by atoms with van der Waals surface area (Å²) in [4.78, 5) is 27.2. The van der Waals surface area contributed by atoms with Gasteiger partial charge in [0.2, 0.25) is 5.43 Å². The first-order valence-corrected chi connectivity index (χ1v) is 6.18. The Kier molecular flexibility index (Phi) is 2.02. The summed E-state index contributed by atoms with van der Waals surface area (Å²) in [5.74, 6) is 0.147. The maximum absolute atomic E-state index is 12.5. The number of nitro groups is 1. The molecule has 0 aliphatic carbocycles. The molecule has 0 spiro atoms. The molecule has 2 N–H and O–H groups in total. The van der Waals surface area contributed by atoms with Gasteiger partial charge in [-0.1, -0.05) is 12.1 Å². The Labute approximate surface area is 116 Å². The highest BCUT2D eigenvalue weighted by Gasteiger charge is 2.22. The Morgan fingerprint density at radius 3 is 2.71 bits per heavy atom. The molecule has 0 unspecified atom stereocenters. The largest absolute Gasteiger partial charge is 0.383 e. The molecule has 0 saturated carbocycles. The molecule has 0 amide bonds. The molecule has 102 valence electrons. The van der Waals surface area contributed by atoms with E-state index in [2.05, 4.69) is 4.98 Å². The third-order valence-corrected chi connectivity index (χ3v) is 3.69. The molecule has 7 heteroatoms. The summed E-state index contributed by atoms with van der Waals surface area (Å²) in [6.45, 7) is 0. The third-order valence-electron chi connectivity index (χ3n) is 3.69. The highest BCUT2D eigenvalue weighted by Crippen LogP contribution is 2.30. The first-order chi connectivity index (χ1) is 10.1. The fourth-order valence-electron chi connectivity index (χ4n) is 2.80. The van der Waals surface area contributed by atoms with Crippen molar-refractivity contribution < 1.29 is 4.92 Å². The molecule has 21 heavy (non-hydrogen) atoms. The molecule has 0 atom stereocenters. The number of anilines is 1. The normalized spacial score (nSPS) is 11.6. The SMILES string of the molecule is Nc1ncc2c(=O)c3ccc([N+](=O)[O-])n3c3cccc1c23. The van der Waals surface area contributed by atoms with Crippen molar-refractivity contribution in [2.24, 2.45) is 0 Å². The second kappa shape index (κ2) is 3.66. The summed E-state index contributed by atoms with van der Waals surface area (Å²) in [5.41, 5.74) is 6.38. The summed E-state index contributed by atoms with van der Waals surface area (Å²) in [7, 11) is 0. The number of rotatable bonds is 1. The van der Waals surface area contributed by atoms with Gasteiger partial charge in [0.05, 0.1) is 5.39 Å². The van der Waals surface area contributed by atoms with Crippen molar-refractivity contribution in [2.75, 3.05) is 5.73 Å². The maximum atomic E-state index is 12.5. The van der Waals surface area contributed by atoms with Crippen molar-refractivity contribution in [3.63, 3.8) is 0 Å². The van der Waals surface area contributed by atoms with E-state index in [1.807, 2.05) is 0 Å². The van der Waals surface area contributed by atoms with Crippen LogP contribution in [0.4, 0.5) is 11.6 Å². The number of pyridine rings is 2. The second-order valence-corrected chi connectivity index (χ2v) is 4.76. The topological polar surface area (TPSA) is 104 Å². The van der Waals surface area contributed by atoms with Crippen molar-refractivity contribution in [1.29, 1.82) is 0 Å². The van der Waals surface area contributed by atoms with Gasteiger partial charge in [-0.2, -0.15) is 4.40 Å². The Bertz CT molecular complexity index is 1100. The molecule has 3 heterocycles. The molecule has 0 aliphatic heterocycles. The molecular weight excluding hydrogens is 272 g/mol. The molecular formula is C14H8N4O3. The van der Waals surface area contributed by atoms with Crippen LogP contribution < -0.4 is 11.2 Å². The molecule has 0 saturated heterocycles. The van der Waals surface area contributed by atoms with Gasteiger partial charge in [-0.3, -0.25) is 4.79 Å². The van der Waals surface area contributed by atoms with Crippen LogP contribution in [0.15, 0.2) is 41.3 Å². The van der Waals surface area contributed by atoms with Crippen molar-refractivity contribution in [3.05, 3.63) is 56.9 Å². The Balaban J connectivity index is 2.45. The average Bonchev–Trinajstić information content (AvgIpc) is 2.91. The number of hydrogen-bond donors (Lipinski definition) is 1. The number of fused-ring (bicyclic) bond motifs is 2. The fraction of sp³-hybridized carbons (Fsp3) is 0. The Hall–Kier alpha value is -3.22. The van der Waals surface area contributed by atoms with Gasteiger partial charge >= 0.3 is 5.82 Å². The number of hydrogen-bond acceptors (Lipinski definition) is 5. The van der Waals surface area contributed by atoms with E-state index in [0.29, 0.717) is 27.5 Å². The summed E-state index contributed by atoms with van der Waals surface area (Å²) in [6.07, 6.45) is 1.42. The van der Waals surface area contributed by atoms with Gasteiger partial charge < -0.3 is 15.8 Å². The van der Waals surface area contributed by atoms with Crippen LogP contribution in [0.2, 0.25) is 0 Å². The van der Waals surface area contributed by atoms with Crippen molar-refractivity contribution in [3.8, 4) is 0 Å². The van der Waals surface area contributed by atoms with E-state index in [4.69, 9.17) is 5.73 Å². The van der Waals surface area contributed by atoms with Crippen LogP contribution in [0.5, 0.6) is 0 Å². The first kappa shape index (κ1) is 11.6. The minimum atomic E-state index is -0.509. The molecule has 0 bridgehead atoms. The zero-order valence-electron chi connectivity index (χ0n) is 10.6. The highest BCUT2D eigenvalue weighted by atomic mass is 16.6. The molecule has 0 aliphatic rings. The highest BCUT2D eigenvalue weighted by molar-refractivity contribution is 6.13. The van der Waals surface area contributed by atoms with E-state index < -0.39 is 4.92 Å². The van der Waals surface area contributed by atoms with Gasteiger partial charge in [-0.15, -0.1) is 0 Å². The standard InChI is InChI=1S/C14H8N4O3/c15-14-7-2-1-3-9-12(7)8(6-16-14)13(19)10-4-5-11(17(9)10)18(20)21/h1-6H,(H2,15,16). The van der Waals surface area contributed by atoms with Crippen LogP contribution in [0.1, 0.15) is 0 Å². The van der Waals surface area contributed by atoms with Gasteiger partial charge in [0.1, 0.15) is 11.3 Å². The lowest BCUT2D eigenvalue weighted by molar-refractivity contribution is -0.390. The van der Waals surface area contributed by atoms with Crippen LogP contribution in [0.25, 0.3) is 27.2 Å². The lowest BCUT2D eigenvalue weighted by Gasteiger charge is -2.06. The van der Waals surface area contributed by atoms with Crippen LogP contribution >= 0.6 is 0 Å². The van der Waals surface area contributed by atoms with Gasteiger partial charge in [0.25, 0.3) is 0 Å². The predicted octanol–water partition coefficient (Wildman–Crippen LogP) is 1.93. The number of nitrogen functional groups attached to an aromatic ring is 1. The van der Waals surface area contributed by atoms with Gasteiger partial charge in [-0.25, -0.2) is 4.98 Å². The Morgan fingerprint density at radius 1 is 1.14 bits per heavy atom. The summed E-state index contributed by atoms with van der Waals surface area (Å²) >= 11 is 0. The molecule has 7 nitrogen and oxygen atoms in total. The van der Waals surface area contributed by atoms with E-state index in [1.54, 1.807) is 18.2 Å². The van der Waals surface area contributed by atoms with Crippen molar-refractivity contribution >= 4 is 38.8 Å². The van der Waals surface area contributed by atoms with Crippen LogP contribution in [-0.2, 0) is 0 Å². The molecule has 3 aromatic heterocycles. The lowest BCUT2D eigenvalue weighted by atomic mass is 10.1. The van der Waals surface area contributed by atoms with Gasteiger partial charge in [-0.05, 0) is 17.1 Å². The number of aromatic nitrogens is 2. The van der Waals surface area contributed by atoms with Crippen LogP contribution in [0, 0.1) is 10.1 Å². The van der Waals surface area contributed by atoms with E-state index in [1.165, 1.54) is 22.7 Å². The van der Waals surface area contributed by atoms with E-state index in [9.17, 15) is 14.9 Å².